The van der Waals surface area contributed by atoms with Crippen LogP contribution in [0.15, 0.2) is 54.9 Å². The molecule has 15 heavy (non-hydrogen) atoms. The van der Waals surface area contributed by atoms with Gasteiger partial charge in [-0.2, -0.15) is 0 Å². The van der Waals surface area contributed by atoms with Gasteiger partial charge in [0, 0.05) is 17.7 Å². The van der Waals surface area contributed by atoms with Crippen LogP contribution in [0.3, 0.4) is 0 Å². The van der Waals surface area contributed by atoms with Crippen LogP contribution >= 0.6 is 11.6 Å². The van der Waals surface area contributed by atoms with E-state index in [0.717, 1.165) is 11.6 Å². The van der Waals surface area contributed by atoms with Gasteiger partial charge in [-0.3, -0.25) is 0 Å². The molecule has 0 N–H and O–H groups in total. The van der Waals surface area contributed by atoms with Crippen LogP contribution in [0.2, 0.25) is 5.02 Å². The van der Waals surface area contributed by atoms with Gasteiger partial charge in [0.15, 0.2) is 18.9 Å². The van der Waals surface area contributed by atoms with E-state index in [2.05, 4.69) is 16.7 Å². The van der Waals surface area contributed by atoms with Gasteiger partial charge >= 0.3 is 0 Å². The van der Waals surface area contributed by atoms with Gasteiger partial charge in [0.2, 0.25) is 0 Å². The zero-order valence-corrected chi connectivity index (χ0v) is 10.4. The van der Waals surface area contributed by atoms with Gasteiger partial charge in [0.25, 0.3) is 0 Å². The Labute approximate surface area is 105 Å². The van der Waals surface area contributed by atoms with Crippen molar-refractivity contribution in [1.29, 1.82) is 0 Å². The van der Waals surface area contributed by atoms with Crippen LogP contribution in [0.1, 0.15) is 5.56 Å². The van der Waals surface area contributed by atoms with Crippen LogP contribution in [0.25, 0.3) is 0 Å². The van der Waals surface area contributed by atoms with Gasteiger partial charge in [-0.05, 0) is 0 Å². The molecule has 0 amide bonds. The Balaban J connectivity index is 0.00000112. The summed E-state index contributed by atoms with van der Waals surface area (Å²) in [5, 5.41) is 0.773. The summed E-state index contributed by atoms with van der Waals surface area (Å²) in [6.45, 7) is 0.887. The molecule has 0 atom stereocenters. The van der Waals surface area contributed by atoms with Crippen molar-refractivity contribution in [2.24, 2.45) is 0 Å². The van der Waals surface area contributed by atoms with Gasteiger partial charge in [-0.1, -0.05) is 41.9 Å². The number of benzene rings is 1. The highest BCUT2D eigenvalue weighted by molar-refractivity contribution is 6.30. The van der Waals surface area contributed by atoms with Crippen molar-refractivity contribution in [1.82, 2.24) is 0 Å². The van der Waals surface area contributed by atoms with E-state index in [-0.39, 0.29) is 17.0 Å². The predicted octanol–water partition coefficient (Wildman–Crippen LogP) is -0.320. The molecule has 1 heterocycles. The molecule has 78 valence electrons. The lowest BCUT2D eigenvalue weighted by Gasteiger charge is -1.96. The highest BCUT2D eigenvalue weighted by Crippen LogP contribution is 2.03. The quantitative estimate of drug-likeness (QED) is 0.666. The van der Waals surface area contributed by atoms with Gasteiger partial charge in [-0.25, -0.2) is 4.57 Å². The Kier molecular flexibility index (Phi) is 4.79. The number of pyridine rings is 1. The second-order valence-corrected chi connectivity index (χ2v) is 3.61. The van der Waals surface area contributed by atoms with Crippen LogP contribution in [0.4, 0.5) is 0 Å². The zero-order chi connectivity index (χ0) is 9.80. The number of nitrogens with zero attached hydrogens (tertiary/aromatic N) is 1. The fraction of sp³-hybridized carbons (Fsp3) is 0.0833. The molecule has 0 aliphatic heterocycles. The molecular weight excluding hydrogens is 273 g/mol. The topological polar surface area (TPSA) is 3.88 Å². The summed E-state index contributed by atoms with van der Waals surface area (Å²) in [7, 11) is 0. The maximum absolute atomic E-state index is 5.80. The van der Waals surface area contributed by atoms with Crippen molar-refractivity contribution in [2.45, 2.75) is 6.54 Å². The lowest BCUT2D eigenvalue weighted by atomic mass is 10.2. The molecule has 1 aromatic heterocycles. The number of aromatic nitrogens is 1. The van der Waals surface area contributed by atoms with E-state index < -0.39 is 0 Å². The summed E-state index contributed by atoms with van der Waals surface area (Å²) < 4.78 is 2.10. The largest absolute Gasteiger partial charge is 1.00 e. The summed E-state index contributed by atoms with van der Waals surface area (Å²) in [4.78, 5) is 0. The molecule has 0 fully saturated rings. The molecule has 0 aliphatic rings. The monoisotopic (exact) mass is 283 g/mol. The van der Waals surface area contributed by atoms with Gasteiger partial charge in [0.05, 0.1) is 5.02 Å². The minimum absolute atomic E-state index is 0. The highest BCUT2D eigenvalue weighted by Gasteiger charge is 2.00. The fourth-order valence-corrected chi connectivity index (χ4v) is 1.45. The Morgan fingerprint density at radius 3 is 2.13 bits per heavy atom. The van der Waals surface area contributed by atoms with Crippen molar-refractivity contribution in [2.75, 3.05) is 0 Å². The molecule has 0 radical (unpaired) electrons. The average molecular weight is 285 g/mol. The van der Waals surface area contributed by atoms with Crippen molar-refractivity contribution < 1.29 is 21.5 Å². The summed E-state index contributed by atoms with van der Waals surface area (Å²) in [6.07, 6.45) is 3.96. The van der Waals surface area contributed by atoms with Gasteiger partial charge in [0.1, 0.15) is 0 Å². The lowest BCUT2D eigenvalue weighted by molar-refractivity contribution is -0.688. The normalized spacial score (nSPS) is 9.40. The van der Waals surface area contributed by atoms with E-state index in [9.17, 15) is 0 Å². The van der Waals surface area contributed by atoms with E-state index in [1.165, 1.54) is 5.56 Å². The molecule has 0 unspecified atom stereocenters. The van der Waals surface area contributed by atoms with Crippen LogP contribution in [0, 0.1) is 0 Å². The smallest absolute Gasteiger partial charge is 0.173 e. The van der Waals surface area contributed by atoms with E-state index in [1.807, 2.05) is 42.7 Å². The fourth-order valence-electron chi connectivity index (χ4n) is 1.34. The second-order valence-electron chi connectivity index (χ2n) is 3.17. The highest BCUT2D eigenvalue weighted by atomic mass is 79.9. The summed E-state index contributed by atoms with van der Waals surface area (Å²) in [5.41, 5.74) is 1.29. The lowest BCUT2D eigenvalue weighted by Crippen LogP contribution is -3.00. The van der Waals surface area contributed by atoms with Crippen LogP contribution < -0.4 is 21.5 Å². The van der Waals surface area contributed by atoms with Crippen LogP contribution in [-0.4, -0.2) is 0 Å². The first kappa shape index (κ1) is 12.2. The van der Waals surface area contributed by atoms with Crippen molar-refractivity contribution in [3.63, 3.8) is 0 Å². The minimum atomic E-state index is 0. The molecule has 0 aliphatic carbocycles. The number of halogens is 2. The molecule has 0 bridgehead atoms. The van der Waals surface area contributed by atoms with E-state index in [0.29, 0.717) is 0 Å². The van der Waals surface area contributed by atoms with E-state index in [4.69, 9.17) is 11.6 Å². The SMILES string of the molecule is Clc1cc[n+](Cc2ccccc2)cc1.[Br-]. The summed E-state index contributed by atoms with van der Waals surface area (Å²) in [5.74, 6) is 0. The van der Waals surface area contributed by atoms with Crippen LogP contribution in [-0.2, 0) is 6.54 Å². The average Bonchev–Trinajstić information content (AvgIpc) is 2.23. The molecule has 0 saturated carbocycles. The molecule has 0 saturated heterocycles. The van der Waals surface area contributed by atoms with Crippen LogP contribution in [0.5, 0.6) is 0 Å². The van der Waals surface area contributed by atoms with E-state index in [1.54, 1.807) is 0 Å². The predicted molar refractivity (Wildman–Crippen MR) is 57.2 cm³/mol. The summed E-state index contributed by atoms with van der Waals surface area (Å²) in [6, 6.07) is 14.1. The Bertz CT molecular complexity index is 400. The third-order valence-corrected chi connectivity index (χ3v) is 2.31. The van der Waals surface area contributed by atoms with Gasteiger partial charge < -0.3 is 17.0 Å². The zero-order valence-electron chi connectivity index (χ0n) is 8.11. The molecule has 0 spiro atoms. The number of hydrogen-bond donors (Lipinski definition) is 0. The minimum Gasteiger partial charge on any atom is -1.00 e. The first-order chi connectivity index (χ1) is 6.84. The molecule has 3 heteroatoms. The third-order valence-electron chi connectivity index (χ3n) is 2.06. The molecule has 2 aromatic rings. The Morgan fingerprint density at radius 2 is 1.53 bits per heavy atom. The third kappa shape index (κ3) is 3.65. The first-order valence-electron chi connectivity index (χ1n) is 4.53. The molecular formula is C12H11BrClN. The molecule has 2 rings (SSSR count). The van der Waals surface area contributed by atoms with Crippen molar-refractivity contribution >= 4 is 11.6 Å². The maximum atomic E-state index is 5.80. The number of hydrogen-bond acceptors (Lipinski definition) is 0. The van der Waals surface area contributed by atoms with E-state index >= 15 is 0 Å². The van der Waals surface area contributed by atoms with Gasteiger partial charge in [-0.15, -0.1) is 0 Å². The standard InChI is InChI=1S/C12H11ClN.BrH/c13-12-6-8-14(9-7-12)10-11-4-2-1-3-5-11;/h1-9H,10H2;1H/q+1;/p-1. The molecule has 1 nitrogen and oxygen atoms in total. The van der Waals surface area contributed by atoms with Crippen molar-refractivity contribution in [3.8, 4) is 0 Å². The second kappa shape index (κ2) is 5.89. The molecule has 1 aromatic carbocycles. The summed E-state index contributed by atoms with van der Waals surface area (Å²) >= 11 is 5.80. The Morgan fingerprint density at radius 1 is 0.933 bits per heavy atom. The maximum Gasteiger partial charge on any atom is 0.173 e. The van der Waals surface area contributed by atoms with Crippen molar-refractivity contribution in [3.05, 3.63) is 65.4 Å². The number of rotatable bonds is 2. The first-order valence-corrected chi connectivity index (χ1v) is 4.91. The Hall–Kier alpha value is -0.860.